The molecule has 4 nitrogen and oxygen atoms in total. The zero-order chi connectivity index (χ0) is 12.6. The molecule has 1 N–H and O–H groups in total. The molecule has 17 heavy (non-hydrogen) atoms. The lowest BCUT2D eigenvalue weighted by atomic mass is 10.1. The van der Waals surface area contributed by atoms with Gasteiger partial charge in [-0.25, -0.2) is 4.79 Å². The molecule has 0 unspecified atom stereocenters. The van der Waals surface area contributed by atoms with Crippen molar-refractivity contribution in [3.8, 4) is 5.75 Å². The van der Waals surface area contributed by atoms with Crippen molar-refractivity contribution in [2.45, 2.75) is 13.3 Å². The van der Waals surface area contributed by atoms with Gasteiger partial charge in [-0.15, -0.1) is 0 Å². The Labute approximate surface area is 105 Å². The number of carbonyl (C=O) groups is 1. The number of Topliss-reactive ketones (excluding diaryl/α,β-unsaturated/α-hetero) is 1. The highest BCUT2D eigenvalue weighted by atomic mass is 79.9. The minimum absolute atomic E-state index is 0.137. The molecule has 1 aromatic carbocycles. The Morgan fingerprint density at radius 3 is 2.82 bits per heavy atom. The molecule has 5 heteroatoms. The van der Waals surface area contributed by atoms with Crippen molar-refractivity contribution in [3.63, 3.8) is 0 Å². The van der Waals surface area contributed by atoms with E-state index in [1.807, 2.05) is 0 Å². The molecule has 0 aliphatic heterocycles. The van der Waals surface area contributed by atoms with Gasteiger partial charge in [0.1, 0.15) is 16.9 Å². The molecule has 0 aliphatic carbocycles. The van der Waals surface area contributed by atoms with E-state index in [2.05, 4.69) is 15.9 Å². The summed E-state index contributed by atoms with van der Waals surface area (Å²) in [4.78, 5) is 23.1. The van der Waals surface area contributed by atoms with Crippen molar-refractivity contribution in [2.75, 3.05) is 0 Å². The van der Waals surface area contributed by atoms with Gasteiger partial charge in [-0.2, -0.15) is 0 Å². The molecule has 1 aromatic heterocycles. The average Bonchev–Trinajstić information content (AvgIpc) is 2.30. The Hall–Kier alpha value is -1.62. The SMILES string of the molecule is CCC(=O)c1c(O)c2cc(Br)ccc2oc1=O. The summed E-state index contributed by atoms with van der Waals surface area (Å²) in [6.45, 7) is 1.62. The Bertz CT molecular complexity index is 657. The fourth-order valence-electron chi connectivity index (χ4n) is 1.58. The molecule has 0 saturated heterocycles. The fraction of sp³-hybridized carbons (Fsp3) is 0.167. The van der Waals surface area contributed by atoms with Crippen LogP contribution < -0.4 is 5.63 Å². The zero-order valence-corrected chi connectivity index (χ0v) is 10.6. The molecule has 88 valence electrons. The third-order valence-electron chi connectivity index (χ3n) is 2.44. The van der Waals surface area contributed by atoms with Crippen molar-refractivity contribution in [2.24, 2.45) is 0 Å². The summed E-state index contributed by atoms with van der Waals surface area (Å²) >= 11 is 3.25. The fourth-order valence-corrected chi connectivity index (χ4v) is 1.94. The standard InChI is InChI=1S/C12H9BrO4/c1-2-8(14)10-11(15)7-5-6(13)3-4-9(7)17-12(10)16/h3-5,15H,2H2,1H3. The van der Waals surface area contributed by atoms with E-state index in [-0.39, 0.29) is 23.3 Å². The Morgan fingerprint density at radius 1 is 1.47 bits per heavy atom. The monoisotopic (exact) mass is 296 g/mol. The number of halogens is 1. The van der Waals surface area contributed by atoms with Crippen LogP contribution in [0.1, 0.15) is 23.7 Å². The largest absolute Gasteiger partial charge is 0.506 e. The first-order valence-electron chi connectivity index (χ1n) is 5.03. The van der Waals surface area contributed by atoms with Crippen LogP contribution in [0.3, 0.4) is 0 Å². The van der Waals surface area contributed by atoms with E-state index in [0.29, 0.717) is 5.39 Å². The van der Waals surface area contributed by atoms with Crippen molar-refractivity contribution < 1.29 is 14.3 Å². The molecule has 0 saturated carbocycles. The Balaban J connectivity index is 2.87. The second-order valence-corrected chi connectivity index (χ2v) is 4.45. The molecule has 0 spiro atoms. The number of hydrogen-bond donors (Lipinski definition) is 1. The predicted molar refractivity (Wildman–Crippen MR) is 66.5 cm³/mol. The van der Waals surface area contributed by atoms with Crippen LogP contribution in [0, 0.1) is 0 Å². The normalized spacial score (nSPS) is 10.7. The van der Waals surface area contributed by atoms with E-state index in [1.54, 1.807) is 25.1 Å². The molecule has 2 rings (SSSR count). The average molecular weight is 297 g/mol. The van der Waals surface area contributed by atoms with Crippen LogP contribution in [0.5, 0.6) is 5.75 Å². The van der Waals surface area contributed by atoms with Gasteiger partial charge in [0, 0.05) is 10.9 Å². The van der Waals surface area contributed by atoms with Gasteiger partial charge in [0.15, 0.2) is 5.78 Å². The summed E-state index contributed by atoms with van der Waals surface area (Å²) in [5.74, 6) is -0.748. The smallest absolute Gasteiger partial charge is 0.351 e. The zero-order valence-electron chi connectivity index (χ0n) is 8.99. The van der Waals surface area contributed by atoms with E-state index in [0.717, 1.165) is 4.47 Å². The number of rotatable bonds is 2. The Morgan fingerprint density at radius 2 is 2.18 bits per heavy atom. The molecule has 0 atom stereocenters. The number of aromatic hydroxyl groups is 1. The van der Waals surface area contributed by atoms with Crippen molar-refractivity contribution in [1.82, 2.24) is 0 Å². The number of hydrogen-bond acceptors (Lipinski definition) is 4. The van der Waals surface area contributed by atoms with Gasteiger partial charge in [0.25, 0.3) is 0 Å². The summed E-state index contributed by atoms with van der Waals surface area (Å²) < 4.78 is 5.72. The first-order chi connectivity index (χ1) is 8.04. The number of carbonyl (C=O) groups excluding carboxylic acids is 1. The van der Waals surface area contributed by atoms with E-state index < -0.39 is 11.4 Å². The van der Waals surface area contributed by atoms with Gasteiger partial charge in [0.05, 0.1) is 5.39 Å². The van der Waals surface area contributed by atoms with Gasteiger partial charge in [-0.3, -0.25) is 4.79 Å². The maximum atomic E-state index is 11.6. The number of benzene rings is 1. The Kier molecular flexibility index (Phi) is 3.02. The van der Waals surface area contributed by atoms with Crippen LogP contribution in [-0.4, -0.2) is 10.9 Å². The lowest BCUT2D eigenvalue weighted by Gasteiger charge is -2.04. The third-order valence-corrected chi connectivity index (χ3v) is 2.93. The first-order valence-corrected chi connectivity index (χ1v) is 5.82. The van der Waals surface area contributed by atoms with Gasteiger partial charge < -0.3 is 9.52 Å². The highest BCUT2D eigenvalue weighted by Crippen LogP contribution is 2.29. The molecule has 0 fully saturated rings. The third kappa shape index (κ3) is 1.98. The molecule has 1 heterocycles. The van der Waals surface area contributed by atoms with Gasteiger partial charge in [-0.1, -0.05) is 22.9 Å². The molecule has 2 aromatic rings. The topological polar surface area (TPSA) is 67.5 Å². The maximum absolute atomic E-state index is 11.6. The quantitative estimate of drug-likeness (QED) is 0.683. The van der Waals surface area contributed by atoms with Gasteiger partial charge >= 0.3 is 5.63 Å². The van der Waals surface area contributed by atoms with Crippen LogP contribution >= 0.6 is 15.9 Å². The lowest BCUT2D eigenvalue weighted by Crippen LogP contribution is -2.13. The van der Waals surface area contributed by atoms with E-state index >= 15 is 0 Å². The van der Waals surface area contributed by atoms with Crippen molar-refractivity contribution in [3.05, 3.63) is 38.7 Å². The van der Waals surface area contributed by atoms with Crippen LogP contribution in [-0.2, 0) is 0 Å². The molecule has 0 amide bonds. The van der Waals surface area contributed by atoms with Crippen LogP contribution in [0.4, 0.5) is 0 Å². The van der Waals surface area contributed by atoms with E-state index in [9.17, 15) is 14.7 Å². The first kappa shape index (κ1) is 11.9. The van der Waals surface area contributed by atoms with Gasteiger partial charge in [0.2, 0.25) is 0 Å². The lowest BCUT2D eigenvalue weighted by molar-refractivity contribution is 0.0982. The van der Waals surface area contributed by atoms with Crippen LogP contribution in [0.2, 0.25) is 0 Å². The van der Waals surface area contributed by atoms with Crippen LogP contribution in [0.25, 0.3) is 11.0 Å². The van der Waals surface area contributed by atoms with Crippen molar-refractivity contribution in [1.29, 1.82) is 0 Å². The number of fused-ring (bicyclic) bond motifs is 1. The maximum Gasteiger partial charge on any atom is 0.351 e. The summed E-state index contributed by atoms with van der Waals surface area (Å²) in [5.41, 5.74) is -0.828. The molecular weight excluding hydrogens is 288 g/mol. The molecule has 0 bridgehead atoms. The molecule has 0 radical (unpaired) electrons. The number of ketones is 1. The van der Waals surface area contributed by atoms with Crippen LogP contribution in [0.15, 0.2) is 31.9 Å². The van der Waals surface area contributed by atoms with E-state index in [4.69, 9.17) is 4.42 Å². The summed E-state index contributed by atoms with van der Waals surface area (Å²) in [6.07, 6.45) is 0.137. The minimum atomic E-state index is -0.802. The van der Waals surface area contributed by atoms with E-state index in [1.165, 1.54) is 0 Å². The molecule has 0 aliphatic rings. The second kappa shape index (κ2) is 4.33. The summed E-state index contributed by atoms with van der Waals surface area (Å²) in [5, 5.41) is 10.3. The van der Waals surface area contributed by atoms with Gasteiger partial charge in [-0.05, 0) is 18.2 Å². The highest BCUT2D eigenvalue weighted by molar-refractivity contribution is 9.10. The van der Waals surface area contributed by atoms with Crippen molar-refractivity contribution >= 4 is 32.7 Å². The minimum Gasteiger partial charge on any atom is -0.506 e. The highest BCUT2D eigenvalue weighted by Gasteiger charge is 2.19. The summed E-state index contributed by atoms with van der Waals surface area (Å²) in [6, 6.07) is 4.84. The molecular formula is C12H9BrO4. The summed E-state index contributed by atoms with van der Waals surface area (Å²) in [7, 11) is 0. The predicted octanol–water partition coefficient (Wildman–Crippen LogP) is 2.85. The second-order valence-electron chi connectivity index (χ2n) is 3.53.